The van der Waals surface area contributed by atoms with E-state index in [0.717, 1.165) is 16.9 Å². The molecule has 7 heteroatoms. The predicted octanol–water partition coefficient (Wildman–Crippen LogP) is 3.10. The summed E-state index contributed by atoms with van der Waals surface area (Å²) in [5.41, 5.74) is 2.94. The molecule has 0 atom stereocenters. The first-order valence-corrected chi connectivity index (χ1v) is 9.36. The van der Waals surface area contributed by atoms with Crippen molar-refractivity contribution in [2.45, 2.75) is 17.6 Å². The quantitative estimate of drug-likeness (QED) is 0.733. The van der Waals surface area contributed by atoms with Crippen molar-refractivity contribution >= 4 is 21.2 Å². The second-order valence-corrected chi connectivity index (χ2v) is 8.20. The lowest BCUT2D eigenvalue weighted by Gasteiger charge is -2.00. The molecule has 0 spiro atoms. The van der Waals surface area contributed by atoms with Gasteiger partial charge in [0.25, 0.3) is 5.89 Å². The highest BCUT2D eigenvalue weighted by molar-refractivity contribution is 7.92. The van der Waals surface area contributed by atoms with Gasteiger partial charge in [0.1, 0.15) is 4.21 Å². The Hall–Kier alpha value is -1.99. The summed E-state index contributed by atoms with van der Waals surface area (Å²) in [6.45, 7) is 2.04. The van der Waals surface area contributed by atoms with Gasteiger partial charge in [-0.3, -0.25) is 0 Å². The third-order valence-corrected chi connectivity index (χ3v) is 6.03. The van der Waals surface area contributed by atoms with Crippen molar-refractivity contribution in [1.82, 2.24) is 10.1 Å². The highest BCUT2D eigenvalue weighted by Gasteiger charge is 2.16. The van der Waals surface area contributed by atoms with Crippen LogP contribution in [0.1, 0.15) is 17.0 Å². The van der Waals surface area contributed by atoms with E-state index in [1.807, 2.05) is 31.2 Å². The van der Waals surface area contributed by atoms with E-state index in [9.17, 15) is 8.42 Å². The van der Waals surface area contributed by atoms with E-state index in [-0.39, 0.29) is 0 Å². The summed E-state index contributed by atoms with van der Waals surface area (Å²) >= 11 is 1.15. The molecule has 5 nitrogen and oxygen atoms in total. The minimum Gasteiger partial charge on any atom is -0.334 e. The molecule has 2 heterocycles. The summed E-state index contributed by atoms with van der Waals surface area (Å²) in [6, 6.07) is 9.58. The van der Waals surface area contributed by atoms with Gasteiger partial charge in [0, 0.05) is 18.1 Å². The molecule has 114 valence electrons. The molecule has 2 aromatic heterocycles. The minimum absolute atomic E-state index is 0.293. The van der Waals surface area contributed by atoms with Gasteiger partial charge in [-0.1, -0.05) is 29.4 Å². The van der Waals surface area contributed by atoms with Crippen LogP contribution in [-0.2, 0) is 16.3 Å². The Bertz CT molecular complexity index is 910. The number of aromatic nitrogens is 2. The number of aryl methyl sites for hydroxylation is 1. The van der Waals surface area contributed by atoms with Gasteiger partial charge in [-0.05, 0) is 24.1 Å². The summed E-state index contributed by atoms with van der Waals surface area (Å²) in [5, 5.41) is 5.68. The molecule has 0 bridgehead atoms. The van der Waals surface area contributed by atoms with E-state index in [1.54, 1.807) is 11.4 Å². The van der Waals surface area contributed by atoms with Crippen LogP contribution in [0.2, 0.25) is 0 Å². The molecule has 22 heavy (non-hydrogen) atoms. The normalized spacial score (nSPS) is 11.7. The van der Waals surface area contributed by atoms with Crippen LogP contribution in [0.15, 0.2) is 44.4 Å². The van der Waals surface area contributed by atoms with Gasteiger partial charge in [-0.15, -0.1) is 11.3 Å². The number of nitrogens with zero attached hydrogens (tertiary/aromatic N) is 2. The van der Waals surface area contributed by atoms with E-state index >= 15 is 0 Å². The highest BCUT2D eigenvalue weighted by atomic mass is 32.2. The van der Waals surface area contributed by atoms with Crippen LogP contribution in [0, 0.1) is 6.92 Å². The van der Waals surface area contributed by atoms with Gasteiger partial charge in [0.2, 0.25) is 0 Å². The van der Waals surface area contributed by atoms with Gasteiger partial charge in [0.15, 0.2) is 15.7 Å². The third kappa shape index (κ3) is 3.10. The SMILES string of the molecule is Cc1ccccc1Cc1noc(-c2csc(S(C)(=O)=O)c2)n1. The molecule has 0 aliphatic rings. The number of hydrogen-bond acceptors (Lipinski definition) is 6. The van der Waals surface area contributed by atoms with Gasteiger partial charge < -0.3 is 4.52 Å². The molecule has 0 saturated heterocycles. The van der Waals surface area contributed by atoms with Crippen LogP contribution in [0.25, 0.3) is 11.5 Å². The monoisotopic (exact) mass is 334 g/mol. The molecular weight excluding hydrogens is 320 g/mol. The zero-order valence-electron chi connectivity index (χ0n) is 12.1. The lowest BCUT2D eigenvalue weighted by molar-refractivity contribution is 0.424. The average molecular weight is 334 g/mol. The molecule has 0 aliphatic carbocycles. The van der Waals surface area contributed by atoms with Crippen molar-refractivity contribution < 1.29 is 12.9 Å². The van der Waals surface area contributed by atoms with Crippen molar-refractivity contribution in [1.29, 1.82) is 0 Å². The van der Waals surface area contributed by atoms with Crippen molar-refractivity contribution in [2.24, 2.45) is 0 Å². The standard InChI is InChI=1S/C15H14N2O3S2/c1-10-5-3-4-6-11(10)7-13-16-15(20-17-13)12-8-14(21-9-12)22(2,18)19/h3-6,8-9H,7H2,1-2H3. The maximum absolute atomic E-state index is 11.5. The Balaban J connectivity index is 1.85. The van der Waals surface area contributed by atoms with Crippen molar-refractivity contribution in [3.05, 3.63) is 52.7 Å². The third-order valence-electron chi connectivity index (χ3n) is 3.27. The first-order chi connectivity index (χ1) is 10.4. The summed E-state index contributed by atoms with van der Waals surface area (Å²) in [4.78, 5) is 4.35. The molecule has 3 rings (SSSR count). The van der Waals surface area contributed by atoms with E-state index < -0.39 is 9.84 Å². The van der Waals surface area contributed by atoms with Crippen LogP contribution in [0.5, 0.6) is 0 Å². The largest absolute Gasteiger partial charge is 0.334 e. The molecule has 0 aliphatic heterocycles. The molecule has 3 aromatic rings. The second kappa shape index (κ2) is 5.66. The summed E-state index contributed by atoms with van der Waals surface area (Å²) in [5.74, 6) is 0.922. The molecule has 0 saturated carbocycles. The summed E-state index contributed by atoms with van der Waals surface area (Å²) < 4.78 is 28.5. The minimum atomic E-state index is -3.21. The molecule has 0 fully saturated rings. The fraction of sp³-hybridized carbons (Fsp3) is 0.200. The molecule has 0 amide bonds. The topological polar surface area (TPSA) is 73.1 Å². The average Bonchev–Trinajstić information content (AvgIpc) is 3.09. The Kier molecular flexibility index (Phi) is 3.84. The Morgan fingerprint density at radius 2 is 2.05 bits per heavy atom. The Morgan fingerprint density at radius 3 is 2.73 bits per heavy atom. The predicted molar refractivity (Wildman–Crippen MR) is 84.7 cm³/mol. The van der Waals surface area contributed by atoms with Crippen molar-refractivity contribution in [2.75, 3.05) is 6.26 Å². The molecule has 0 N–H and O–H groups in total. The Morgan fingerprint density at radius 1 is 1.27 bits per heavy atom. The van der Waals surface area contributed by atoms with Crippen LogP contribution in [0.4, 0.5) is 0 Å². The summed E-state index contributed by atoms with van der Waals surface area (Å²) in [6.07, 6.45) is 1.76. The fourth-order valence-corrected chi connectivity index (χ4v) is 3.84. The highest BCUT2D eigenvalue weighted by Crippen LogP contribution is 2.27. The number of thiophene rings is 1. The lowest BCUT2D eigenvalue weighted by Crippen LogP contribution is -1.93. The maximum Gasteiger partial charge on any atom is 0.258 e. The molecular formula is C15H14N2O3S2. The van der Waals surface area contributed by atoms with Gasteiger partial charge in [-0.2, -0.15) is 4.98 Å². The van der Waals surface area contributed by atoms with Gasteiger partial charge in [-0.25, -0.2) is 8.42 Å². The maximum atomic E-state index is 11.5. The van der Waals surface area contributed by atoms with Crippen LogP contribution >= 0.6 is 11.3 Å². The molecule has 0 radical (unpaired) electrons. The van der Waals surface area contributed by atoms with Crippen LogP contribution in [0.3, 0.4) is 0 Å². The number of sulfone groups is 1. The van der Waals surface area contributed by atoms with Gasteiger partial charge >= 0.3 is 0 Å². The first kappa shape index (κ1) is 14.9. The smallest absolute Gasteiger partial charge is 0.258 e. The van der Waals surface area contributed by atoms with E-state index in [4.69, 9.17) is 4.52 Å². The first-order valence-electron chi connectivity index (χ1n) is 6.59. The fourth-order valence-electron chi connectivity index (χ4n) is 2.04. The van der Waals surface area contributed by atoms with Crippen molar-refractivity contribution in [3.8, 4) is 11.5 Å². The number of benzene rings is 1. The van der Waals surface area contributed by atoms with Crippen LogP contribution < -0.4 is 0 Å². The number of rotatable bonds is 4. The van der Waals surface area contributed by atoms with E-state index in [1.165, 1.54) is 11.8 Å². The Labute approximate surface area is 132 Å². The number of hydrogen-bond donors (Lipinski definition) is 0. The van der Waals surface area contributed by atoms with Gasteiger partial charge in [0.05, 0.1) is 5.56 Å². The van der Waals surface area contributed by atoms with Crippen molar-refractivity contribution in [3.63, 3.8) is 0 Å². The van der Waals surface area contributed by atoms with E-state index in [2.05, 4.69) is 10.1 Å². The molecule has 0 unspecified atom stereocenters. The molecule has 1 aromatic carbocycles. The summed E-state index contributed by atoms with van der Waals surface area (Å²) in [7, 11) is -3.21. The second-order valence-electron chi connectivity index (χ2n) is 5.05. The lowest BCUT2D eigenvalue weighted by atomic mass is 10.1. The van der Waals surface area contributed by atoms with E-state index in [0.29, 0.717) is 27.9 Å². The zero-order chi connectivity index (χ0) is 15.7. The zero-order valence-corrected chi connectivity index (χ0v) is 13.7. The van der Waals surface area contributed by atoms with Crippen LogP contribution in [-0.4, -0.2) is 24.8 Å².